The van der Waals surface area contributed by atoms with Crippen molar-refractivity contribution in [2.24, 2.45) is 0 Å². The van der Waals surface area contributed by atoms with Gasteiger partial charge in [-0.25, -0.2) is 0 Å². The van der Waals surface area contributed by atoms with Gasteiger partial charge < -0.3 is 10.6 Å². The topological polar surface area (TPSA) is 46.3 Å². The summed E-state index contributed by atoms with van der Waals surface area (Å²) >= 11 is 0. The number of nitrogens with two attached hydrogens (primary N) is 1. The largest absolute Gasteiger partial charge is 0.399 e. The summed E-state index contributed by atoms with van der Waals surface area (Å²) in [4.78, 5) is 13.8. The highest BCUT2D eigenvalue weighted by atomic mass is 16.2. The molecule has 2 aromatic rings. The van der Waals surface area contributed by atoms with E-state index in [4.69, 9.17) is 5.73 Å². The van der Waals surface area contributed by atoms with Crippen molar-refractivity contribution >= 4 is 11.6 Å². The fraction of sp³-hybridized carbons (Fsp3) is 0.133. The molecule has 0 fully saturated rings. The lowest BCUT2D eigenvalue weighted by atomic mass is 10.1. The maximum absolute atomic E-state index is 12.1. The zero-order valence-corrected chi connectivity index (χ0v) is 10.3. The third-order valence-electron chi connectivity index (χ3n) is 2.74. The van der Waals surface area contributed by atoms with E-state index in [1.807, 2.05) is 54.6 Å². The fourth-order valence-electron chi connectivity index (χ4n) is 1.84. The second kappa shape index (κ2) is 5.36. The molecule has 18 heavy (non-hydrogen) atoms. The zero-order valence-electron chi connectivity index (χ0n) is 10.3. The summed E-state index contributed by atoms with van der Waals surface area (Å²) in [6, 6.07) is 16.8. The summed E-state index contributed by atoms with van der Waals surface area (Å²) in [5, 5.41) is 0. The Bertz CT molecular complexity index is 537. The van der Waals surface area contributed by atoms with Gasteiger partial charge in [0, 0.05) is 24.8 Å². The molecule has 0 aliphatic carbocycles. The van der Waals surface area contributed by atoms with Gasteiger partial charge >= 0.3 is 0 Å². The first kappa shape index (κ1) is 12.2. The van der Waals surface area contributed by atoms with E-state index in [-0.39, 0.29) is 5.91 Å². The van der Waals surface area contributed by atoms with Crippen molar-refractivity contribution < 1.29 is 4.79 Å². The summed E-state index contributed by atoms with van der Waals surface area (Å²) in [7, 11) is 1.79. The van der Waals surface area contributed by atoms with Crippen molar-refractivity contribution in [1.29, 1.82) is 0 Å². The third-order valence-corrected chi connectivity index (χ3v) is 2.74. The van der Waals surface area contributed by atoms with Crippen molar-refractivity contribution in [3.05, 3.63) is 65.7 Å². The Balaban J connectivity index is 2.09. The summed E-state index contributed by atoms with van der Waals surface area (Å²) in [6.07, 6.45) is 0. The second-order valence-electron chi connectivity index (χ2n) is 4.27. The van der Waals surface area contributed by atoms with Crippen molar-refractivity contribution in [2.45, 2.75) is 6.54 Å². The van der Waals surface area contributed by atoms with Crippen LogP contribution in [0.25, 0.3) is 0 Å². The molecule has 0 heterocycles. The molecule has 0 aliphatic rings. The van der Waals surface area contributed by atoms with Gasteiger partial charge in [0.1, 0.15) is 0 Å². The number of amides is 1. The van der Waals surface area contributed by atoms with Crippen molar-refractivity contribution in [2.75, 3.05) is 12.8 Å². The maximum atomic E-state index is 12.1. The molecule has 3 nitrogen and oxygen atoms in total. The van der Waals surface area contributed by atoms with Crippen LogP contribution in [0.1, 0.15) is 15.9 Å². The van der Waals surface area contributed by atoms with Gasteiger partial charge in [-0.15, -0.1) is 0 Å². The molecule has 0 saturated heterocycles. The van der Waals surface area contributed by atoms with E-state index in [0.29, 0.717) is 17.8 Å². The summed E-state index contributed by atoms with van der Waals surface area (Å²) in [5.74, 6) is 0.0121. The maximum Gasteiger partial charge on any atom is 0.253 e. The number of nitrogen functional groups attached to an aromatic ring is 1. The minimum atomic E-state index is 0.0121. The minimum absolute atomic E-state index is 0.0121. The summed E-state index contributed by atoms with van der Waals surface area (Å²) in [5.41, 5.74) is 8.16. The van der Waals surface area contributed by atoms with E-state index in [9.17, 15) is 4.79 Å². The van der Waals surface area contributed by atoms with Crippen LogP contribution >= 0.6 is 0 Å². The average molecular weight is 240 g/mol. The van der Waals surface area contributed by atoms with E-state index in [1.54, 1.807) is 11.9 Å². The molecule has 92 valence electrons. The molecule has 0 aromatic heterocycles. The molecule has 0 aliphatic heterocycles. The molecular formula is C15H16N2O. The Morgan fingerprint density at radius 3 is 2.50 bits per heavy atom. The number of rotatable bonds is 3. The van der Waals surface area contributed by atoms with Gasteiger partial charge in [-0.3, -0.25) is 4.79 Å². The van der Waals surface area contributed by atoms with Crippen LogP contribution in [0.2, 0.25) is 0 Å². The molecule has 0 saturated carbocycles. The minimum Gasteiger partial charge on any atom is -0.399 e. The molecule has 0 radical (unpaired) electrons. The lowest BCUT2D eigenvalue weighted by Gasteiger charge is -2.17. The van der Waals surface area contributed by atoms with Gasteiger partial charge in [0.05, 0.1) is 0 Å². The molecule has 0 bridgehead atoms. The highest BCUT2D eigenvalue weighted by molar-refractivity contribution is 5.93. The quantitative estimate of drug-likeness (QED) is 0.838. The predicted octanol–water partition coefficient (Wildman–Crippen LogP) is 2.54. The fourth-order valence-corrected chi connectivity index (χ4v) is 1.84. The van der Waals surface area contributed by atoms with Crippen molar-refractivity contribution in [3.63, 3.8) is 0 Å². The SMILES string of the molecule is CN(Cc1cccc(N)c1)C(=O)c1ccccc1. The van der Waals surface area contributed by atoms with E-state index in [2.05, 4.69) is 0 Å². The van der Waals surface area contributed by atoms with Gasteiger partial charge in [0.25, 0.3) is 5.91 Å². The van der Waals surface area contributed by atoms with Crippen LogP contribution in [0.15, 0.2) is 54.6 Å². The second-order valence-corrected chi connectivity index (χ2v) is 4.27. The monoisotopic (exact) mass is 240 g/mol. The molecular weight excluding hydrogens is 224 g/mol. The first-order valence-corrected chi connectivity index (χ1v) is 5.82. The first-order valence-electron chi connectivity index (χ1n) is 5.82. The third kappa shape index (κ3) is 2.88. The van der Waals surface area contributed by atoms with Crippen LogP contribution in [-0.2, 0) is 6.54 Å². The highest BCUT2D eigenvalue weighted by Crippen LogP contribution is 2.11. The van der Waals surface area contributed by atoms with Gasteiger partial charge in [0.15, 0.2) is 0 Å². The average Bonchev–Trinajstić information content (AvgIpc) is 2.39. The van der Waals surface area contributed by atoms with Gasteiger partial charge in [-0.2, -0.15) is 0 Å². The van der Waals surface area contributed by atoms with Crippen molar-refractivity contribution in [3.8, 4) is 0 Å². The Morgan fingerprint density at radius 2 is 1.83 bits per heavy atom. The molecule has 2 N–H and O–H groups in total. The van der Waals surface area contributed by atoms with Crippen LogP contribution in [-0.4, -0.2) is 17.9 Å². The number of hydrogen-bond donors (Lipinski definition) is 1. The Hall–Kier alpha value is -2.29. The first-order chi connectivity index (χ1) is 8.66. The van der Waals surface area contributed by atoms with Crippen molar-refractivity contribution in [1.82, 2.24) is 4.90 Å². The summed E-state index contributed by atoms with van der Waals surface area (Å²) < 4.78 is 0. The number of nitrogens with zero attached hydrogens (tertiary/aromatic N) is 1. The van der Waals surface area contributed by atoms with E-state index < -0.39 is 0 Å². The predicted molar refractivity (Wildman–Crippen MR) is 73.1 cm³/mol. The van der Waals surface area contributed by atoms with Crippen LogP contribution in [0.3, 0.4) is 0 Å². The van der Waals surface area contributed by atoms with E-state index in [0.717, 1.165) is 5.56 Å². The van der Waals surface area contributed by atoms with Crippen LogP contribution in [0.5, 0.6) is 0 Å². The molecule has 2 aromatic carbocycles. The Labute approximate surface area is 107 Å². The number of anilines is 1. The lowest BCUT2D eigenvalue weighted by Crippen LogP contribution is -2.26. The number of hydrogen-bond acceptors (Lipinski definition) is 2. The van der Waals surface area contributed by atoms with Crippen LogP contribution in [0.4, 0.5) is 5.69 Å². The summed E-state index contributed by atoms with van der Waals surface area (Å²) in [6.45, 7) is 0.554. The Morgan fingerprint density at radius 1 is 1.11 bits per heavy atom. The number of carbonyl (C=O) groups is 1. The Kier molecular flexibility index (Phi) is 3.63. The molecule has 0 unspecified atom stereocenters. The van der Waals surface area contributed by atoms with Gasteiger partial charge in [-0.05, 0) is 29.8 Å². The van der Waals surface area contributed by atoms with Gasteiger partial charge in [0.2, 0.25) is 0 Å². The standard InChI is InChI=1S/C15H16N2O/c1-17(11-12-6-5-9-14(16)10-12)15(18)13-7-3-2-4-8-13/h2-10H,11,16H2,1H3. The number of carbonyl (C=O) groups excluding carboxylic acids is 1. The van der Waals surface area contributed by atoms with Crippen LogP contribution in [0, 0.1) is 0 Å². The molecule has 0 spiro atoms. The van der Waals surface area contributed by atoms with E-state index >= 15 is 0 Å². The molecule has 3 heteroatoms. The molecule has 0 atom stereocenters. The van der Waals surface area contributed by atoms with E-state index in [1.165, 1.54) is 0 Å². The molecule has 2 rings (SSSR count). The zero-order chi connectivity index (χ0) is 13.0. The normalized spacial score (nSPS) is 10.1. The van der Waals surface area contributed by atoms with Crippen LogP contribution < -0.4 is 5.73 Å². The lowest BCUT2D eigenvalue weighted by molar-refractivity contribution is 0.0785. The molecule has 1 amide bonds. The van der Waals surface area contributed by atoms with Gasteiger partial charge in [-0.1, -0.05) is 30.3 Å². The smallest absolute Gasteiger partial charge is 0.253 e. The highest BCUT2D eigenvalue weighted by Gasteiger charge is 2.11. The number of benzene rings is 2.